The molecule has 1 saturated carbocycles. The summed E-state index contributed by atoms with van der Waals surface area (Å²) in [5, 5.41) is 17.6. The SMILES string of the molecule is N#Cc1ccc(OC2CCC(N3C(=O)CCC(N4C(=O)c5ccc(C6CCN(CC7CCN(c8ccc(C(N)=O)nn8)CC7)CC6)cc5C4=O)C3=O)CC2)cc1Cl. The van der Waals surface area contributed by atoms with Crippen LogP contribution in [-0.2, 0) is 9.59 Å². The predicted molar refractivity (Wildman–Crippen MR) is 209 cm³/mol. The van der Waals surface area contributed by atoms with Crippen LogP contribution in [-0.4, -0.2) is 105 Å². The van der Waals surface area contributed by atoms with Crippen LogP contribution in [0.1, 0.15) is 112 Å². The molecule has 1 aliphatic carbocycles. The number of imide groups is 2. The lowest BCUT2D eigenvalue weighted by Crippen LogP contribution is -2.59. The molecule has 0 radical (unpaired) electrons. The molecule has 3 saturated heterocycles. The van der Waals surface area contributed by atoms with E-state index >= 15 is 0 Å². The second-order valence-electron chi connectivity index (χ2n) is 15.9. The smallest absolute Gasteiger partial charge is 0.269 e. The van der Waals surface area contributed by atoms with Crippen LogP contribution in [0.25, 0.3) is 0 Å². The molecule has 8 rings (SSSR count). The first-order valence-corrected chi connectivity index (χ1v) is 20.3. The van der Waals surface area contributed by atoms with Crippen LogP contribution in [0.5, 0.6) is 5.75 Å². The summed E-state index contributed by atoms with van der Waals surface area (Å²) in [6.07, 6.45) is 6.29. The van der Waals surface area contributed by atoms with E-state index in [-0.39, 0.29) is 42.5 Å². The van der Waals surface area contributed by atoms with Crippen LogP contribution in [0.4, 0.5) is 5.82 Å². The Labute approximate surface area is 335 Å². The fourth-order valence-electron chi connectivity index (χ4n) is 9.28. The van der Waals surface area contributed by atoms with Gasteiger partial charge in [0.2, 0.25) is 5.91 Å². The number of anilines is 1. The Morgan fingerprint density at radius 1 is 0.825 bits per heavy atom. The maximum atomic E-state index is 14.0. The highest BCUT2D eigenvalue weighted by Crippen LogP contribution is 2.37. The summed E-state index contributed by atoms with van der Waals surface area (Å²) in [6, 6.07) is 14.5. The lowest BCUT2D eigenvalue weighted by molar-refractivity contribution is -0.155. The van der Waals surface area contributed by atoms with Gasteiger partial charge in [0.25, 0.3) is 23.6 Å². The number of fused-ring (bicyclic) bond motifs is 1. The van der Waals surface area contributed by atoms with Crippen molar-refractivity contribution in [3.05, 3.63) is 81.5 Å². The number of aromatic nitrogens is 2. The summed E-state index contributed by atoms with van der Waals surface area (Å²) in [7, 11) is 0. The van der Waals surface area contributed by atoms with Gasteiger partial charge < -0.3 is 20.3 Å². The molecule has 15 heteroatoms. The number of hydrogen-bond donors (Lipinski definition) is 1. The van der Waals surface area contributed by atoms with Crippen molar-refractivity contribution in [2.45, 2.75) is 88.3 Å². The van der Waals surface area contributed by atoms with Crippen molar-refractivity contribution in [1.29, 1.82) is 5.26 Å². The number of rotatable bonds is 9. The Hall–Kier alpha value is -5.39. The first-order valence-electron chi connectivity index (χ1n) is 19.9. The van der Waals surface area contributed by atoms with Gasteiger partial charge in [0.05, 0.1) is 27.8 Å². The number of carbonyl (C=O) groups is 5. The number of likely N-dealkylation sites (tertiary alicyclic amines) is 2. The quantitative estimate of drug-likeness (QED) is 0.297. The Morgan fingerprint density at radius 2 is 1.56 bits per heavy atom. The van der Waals surface area contributed by atoms with Gasteiger partial charge >= 0.3 is 0 Å². The van der Waals surface area contributed by atoms with Gasteiger partial charge in [-0.2, -0.15) is 5.26 Å². The lowest BCUT2D eigenvalue weighted by atomic mass is 9.87. The number of hydrogen-bond acceptors (Lipinski definition) is 11. The maximum Gasteiger partial charge on any atom is 0.269 e. The van der Waals surface area contributed by atoms with Crippen molar-refractivity contribution >= 4 is 47.0 Å². The highest BCUT2D eigenvalue weighted by Gasteiger charge is 2.49. The van der Waals surface area contributed by atoms with E-state index in [0.717, 1.165) is 74.7 Å². The third kappa shape index (κ3) is 7.83. The van der Waals surface area contributed by atoms with Crippen LogP contribution in [0.15, 0.2) is 48.5 Å². The number of benzene rings is 2. The summed E-state index contributed by atoms with van der Waals surface area (Å²) < 4.78 is 6.11. The van der Waals surface area contributed by atoms with Gasteiger partial charge in [0, 0.05) is 38.2 Å². The van der Waals surface area contributed by atoms with Crippen molar-refractivity contribution in [2.75, 3.05) is 37.6 Å². The zero-order chi connectivity index (χ0) is 39.8. The summed E-state index contributed by atoms with van der Waals surface area (Å²) in [5.74, 6) is -0.173. The van der Waals surface area contributed by atoms with E-state index in [1.165, 1.54) is 4.90 Å². The van der Waals surface area contributed by atoms with Crippen molar-refractivity contribution in [3.63, 3.8) is 0 Å². The van der Waals surface area contributed by atoms with E-state index in [2.05, 4.69) is 20.0 Å². The molecule has 296 valence electrons. The molecule has 1 unspecified atom stereocenters. The highest BCUT2D eigenvalue weighted by atomic mass is 35.5. The predicted octanol–water partition coefficient (Wildman–Crippen LogP) is 4.70. The topological polar surface area (TPSA) is 183 Å². The summed E-state index contributed by atoms with van der Waals surface area (Å²) in [5.41, 5.74) is 7.48. The number of nitrogens with zero attached hydrogens (tertiary/aromatic N) is 7. The molecule has 0 spiro atoms. The zero-order valence-corrected chi connectivity index (χ0v) is 32.4. The van der Waals surface area contributed by atoms with E-state index in [9.17, 15) is 24.0 Å². The van der Waals surface area contributed by atoms with Crippen LogP contribution in [0, 0.1) is 17.2 Å². The van der Waals surface area contributed by atoms with Crippen molar-refractivity contribution in [2.24, 2.45) is 11.7 Å². The van der Waals surface area contributed by atoms with Crippen LogP contribution >= 0.6 is 11.6 Å². The molecule has 3 aromatic rings. The van der Waals surface area contributed by atoms with Gasteiger partial charge in [-0.05, 0) is 125 Å². The summed E-state index contributed by atoms with van der Waals surface area (Å²) >= 11 is 6.17. The molecule has 2 N–H and O–H groups in total. The minimum atomic E-state index is -1.03. The molecular formula is C42H45ClN8O6. The highest BCUT2D eigenvalue weighted by molar-refractivity contribution is 6.31. The molecule has 1 atom stereocenters. The molecule has 5 heterocycles. The zero-order valence-electron chi connectivity index (χ0n) is 31.6. The van der Waals surface area contributed by atoms with Crippen LogP contribution in [0.2, 0.25) is 5.02 Å². The number of piperidine rings is 3. The monoisotopic (exact) mass is 792 g/mol. The second-order valence-corrected chi connectivity index (χ2v) is 16.3. The Bertz CT molecular complexity index is 2120. The molecule has 0 bridgehead atoms. The van der Waals surface area contributed by atoms with Crippen molar-refractivity contribution in [1.82, 2.24) is 24.9 Å². The van der Waals surface area contributed by atoms with Crippen LogP contribution < -0.4 is 15.4 Å². The van der Waals surface area contributed by atoms with Crippen molar-refractivity contribution < 1.29 is 28.7 Å². The summed E-state index contributed by atoms with van der Waals surface area (Å²) in [4.78, 5) is 73.3. The fraction of sp³-hybridized carbons (Fsp3) is 0.476. The number of nitrogens with two attached hydrogens (primary N) is 1. The average molecular weight is 793 g/mol. The molecule has 4 fully saturated rings. The Balaban J connectivity index is 0.837. The minimum Gasteiger partial charge on any atom is -0.490 e. The second kappa shape index (κ2) is 16.2. The number of amides is 5. The van der Waals surface area contributed by atoms with Gasteiger partial charge in [-0.25, -0.2) is 0 Å². The van der Waals surface area contributed by atoms with Gasteiger partial charge in [-0.15, -0.1) is 10.2 Å². The van der Waals surface area contributed by atoms with Gasteiger partial charge in [-0.3, -0.25) is 33.8 Å². The lowest BCUT2D eigenvalue weighted by Gasteiger charge is -2.41. The van der Waals surface area contributed by atoms with E-state index in [4.69, 9.17) is 27.3 Å². The number of ether oxygens (including phenoxy) is 1. The van der Waals surface area contributed by atoms with Crippen molar-refractivity contribution in [3.8, 4) is 11.8 Å². The molecule has 14 nitrogen and oxygen atoms in total. The average Bonchev–Trinajstić information content (AvgIpc) is 3.47. The molecule has 1 aromatic heterocycles. The molecule has 5 aliphatic rings. The van der Waals surface area contributed by atoms with Gasteiger partial charge in [-0.1, -0.05) is 17.7 Å². The fourth-order valence-corrected chi connectivity index (χ4v) is 9.50. The summed E-state index contributed by atoms with van der Waals surface area (Å²) in [6.45, 7) is 4.66. The van der Waals surface area contributed by atoms with E-state index in [0.29, 0.717) is 59.1 Å². The van der Waals surface area contributed by atoms with E-state index < -0.39 is 29.7 Å². The maximum absolute atomic E-state index is 14.0. The molecule has 57 heavy (non-hydrogen) atoms. The first kappa shape index (κ1) is 38.5. The van der Waals surface area contributed by atoms with Gasteiger partial charge in [0.1, 0.15) is 17.9 Å². The number of carbonyl (C=O) groups excluding carboxylic acids is 5. The molecular weight excluding hydrogens is 748 g/mol. The van der Waals surface area contributed by atoms with Crippen LogP contribution in [0.3, 0.4) is 0 Å². The third-order valence-corrected chi connectivity index (χ3v) is 12.8. The molecule has 5 amide bonds. The number of halogens is 1. The van der Waals surface area contributed by atoms with E-state index in [1.807, 2.05) is 18.2 Å². The normalized spacial score (nSPS) is 23.8. The minimum absolute atomic E-state index is 0.0772. The molecule has 2 aromatic carbocycles. The number of nitriles is 1. The number of primary amides is 1. The third-order valence-electron chi connectivity index (χ3n) is 12.5. The standard InChI is InChI=1S/C42H45ClN8O6/c43-34-22-31(5-1-28(34)23-44)57-30-6-3-29(4-7-30)50-38(52)12-10-36(42(50)56)51-40(54)32-8-2-27(21-33(32)41(51)55)26-15-17-48(18-16-26)24-25-13-19-49(20-14-25)37-11-9-35(39(45)53)46-47-37/h1-2,5,8-9,11,21-22,25-26,29-30,36H,3-4,6-7,10,12-20,24H2,(H2,45,53). The Morgan fingerprint density at radius 3 is 2.23 bits per heavy atom. The Kier molecular flexibility index (Phi) is 11.0. The molecule has 4 aliphatic heterocycles. The van der Waals surface area contributed by atoms with Gasteiger partial charge in [0.15, 0.2) is 11.5 Å². The first-order chi connectivity index (χ1) is 27.6. The van der Waals surface area contributed by atoms with E-state index in [1.54, 1.807) is 36.4 Å². The largest absolute Gasteiger partial charge is 0.490 e.